The quantitative estimate of drug-likeness (QED) is 0.621. The SMILES string of the molecule is CCC1CCC(C(Cc2cc(C)nn2CC)NN)CC1. The second kappa shape index (κ2) is 7.23. The van der Waals surface area contributed by atoms with Crippen molar-refractivity contribution < 1.29 is 0 Å². The smallest absolute Gasteiger partial charge is 0.0596 e. The zero-order valence-corrected chi connectivity index (χ0v) is 13.2. The summed E-state index contributed by atoms with van der Waals surface area (Å²) in [5.41, 5.74) is 5.49. The predicted octanol–water partition coefficient (Wildman–Crippen LogP) is 2.80. The molecule has 4 heteroatoms. The Labute approximate surface area is 123 Å². The number of aromatic nitrogens is 2. The number of hydrazine groups is 1. The molecule has 4 nitrogen and oxygen atoms in total. The van der Waals surface area contributed by atoms with Gasteiger partial charge in [-0.15, -0.1) is 0 Å². The van der Waals surface area contributed by atoms with E-state index in [0.29, 0.717) is 12.0 Å². The summed E-state index contributed by atoms with van der Waals surface area (Å²) < 4.78 is 2.11. The molecule has 1 aromatic rings. The van der Waals surface area contributed by atoms with Crippen LogP contribution in [0.3, 0.4) is 0 Å². The molecular weight excluding hydrogens is 248 g/mol. The zero-order chi connectivity index (χ0) is 14.5. The van der Waals surface area contributed by atoms with E-state index < -0.39 is 0 Å². The highest BCUT2D eigenvalue weighted by atomic mass is 15.3. The first-order chi connectivity index (χ1) is 9.67. The average Bonchev–Trinajstić information content (AvgIpc) is 2.84. The van der Waals surface area contributed by atoms with E-state index >= 15 is 0 Å². The summed E-state index contributed by atoms with van der Waals surface area (Å²) in [5.74, 6) is 7.49. The summed E-state index contributed by atoms with van der Waals surface area (Å²) in [7, 11) is 0. The summed E-state index contributed by atoms with van der Waals surface area (Å²) in [6, 6.07) is 2.58. The highest BCUT2D eigenvalue weighted by Gasteiger charge is 2.27. The third-order valence-corrected chi connectivity index (χ3v) is 4.97. The van der Waals surface area contributed by atoms with Gasteiger partial charge in [0.05, 0.1) is 5.69 Å². The third kappa shape index (κ3) is 3.61. The van der Waals surface area contributed by atoms with Crippen molar-refractivity contribution >= 4 is 0 Å². The standard InChI is InChI=1S/C16H30N4/c1-4-13-6-8-14(9-7-13)16(18-17)11-15-10-12(3)19-20(15)5-2/h10,13-14,16,18H,4-9,11,17H2,1-3H3. The molecule has 1 saturated carbocycles. The Hall–Kier alpha value is -0.870. The molecule has 1 aliphatic rings. The van der Waals surface area contributed by atoms with Gasteiger partial charge in [0, 0.05) is 24.7 Å². The fourth-order valence-corrected chi connectivity index (χ4v) is 3.62. The van der Waals surface area contributed by atoms with E-state index in [4.69, 9.17) is 5.84 Å². The van der Waals surface area contributed by atoms with Gasteiger partial charge in [-0.1, -0.05) is 26.2 Å². The molecule has 0 aromatic carbocycles. The van der Waals surface area contributed by atoms with Gasteiger partial charge >= 0.3 is 0 Å². The largest absolute Gasteiger partial charge is 0.271 e. The van der Waals surface area contributed by atoms with Crippen molar-refractivity contribution in [2.45, 2.75) is 71.9 Å². The minimum atomic E-state index is 0.384. The molecule has 2 rings (SSSR count). The van der Waals surface area contributed by atoms with E-state index in [0.717, 1.165) is 24.6 Å². The van der Waals surface area contributed by atoms with E-state index in [1.54, 1.807) is 0 Å². The van der Waals surface area contributed by atoms with Crippen LogP contribution in [0.1, 0.15) is 57.3 Å². The van der Waals surface area contributed by atoms with Crippen molar-refractivity contribution in [3.8, 4) is 0 Å². The maximum absolute atomic E-state index is 5.84. The second-order valence-electron chi connectivity index (χ2n) is 6.26. The van der Waals surface area contributed by atoms with E-state index in [9.17, 15) is 0 Å². The topological polar surface area (TPSA) is 55.9 Å². The highest BCUT2D eigenvalue weighted by molar-refractivity contribution is 5.11. The Balaban J connectivity index is 1.98. The molecule has 1 unspecified atom stereocenters. The lowest BCUT2D eigenvalue weighted by atomic mass is 9.77. The summed E-state index contributed by atoms with van der Waals surface area (Å²) in [6.45, 7) is 7.45. The lowest BCUT2D eigenvalue weighted by Crippen LogP contribution is -2.44. The van der Waals surface area contributed by atoms with Gasteiger partial charge in [0.1, 0.15) is 0 Å². The van der Waals surface area contributed by atoms with Crippen LogP contribution in [0.5, 0.6) is 0 Å². The van der Waals surface area contributed by atoms with Crippen LogP contribution in [0, 0.1) is 18.8 Å². The van der Waals surface area contributed by atoms with E-state index in [1.807, 2.05) is 0 Å². The molecule has 3 N–H and O–H groups in total. The average molecular weight is 278 g/mol. The van der Waals surface area contributed by atoms with Gasteiger partial charge in [0.2, 0.25) is 0 Å². The van der Waals surface area contributed by atoms with E-state index in [-0.39, 0.29) is 0 Å². The zero-order valence-electron chi connectivity index (χ0n) is 13.2. The fraction of sp³-hybridized carbons (Fsp3) is 0.812. The summed E-state index contributed by atoms with van der Waals surface area (Å²) in [5, 5.41) is 4.54. The number of hydrogen-bond acceptors (Lipinski definition) is 3. The maximum Gasteiger partial charge on any atom is 0.0596 e. The normalized spacial score (nSPS) is 24.8. The Bertz CT molecular complexity index is 405. The number of nitrogens with one attached hydrogen (secondary N) is 1. The number of nitrogens with two attached hydrogens (primary N) is 1. The van der Waals surface area contributed by atoms with Crippen molar-refractivity contribution in [2.24, 2.45) is 17.7 Å². The van der Waals surface area contributed by atoms with Crippen LogP contribution in [0.4, 0.5) is 0 Å². The fourth-order valence-electron chi connectivity index (χ4n) is 3.62. The van der Waals surface area contributed by atoms with E-state index in [1.165, 1.54) is 37.8 Å². The van der Waals surface area contributed by atoms with Gasteiger partial charge in [-0.25, -0.2) is 0 Å². The van der Waals surface area contributed by atoms with Crippen molar-refractivity contribution in [1.82, 2.24) is 15.2 Å². The van der Waals surface area contributed by atoms with Crippen LogP contribution < -0.4 is 11.3 Å². The molecule has 0 saturated heterocycles. The molecule has 0 radical (unpaired) electrons. The third-order valence-electron chi connectivity index (χ3n) is 4.97. The number of nitrogens with zero attached hydrogens (tertiary/aromatic N) is 2. The minimum Gasteiger partial charge on any atom is -0.271 e. The van der Waals surface area contributed by atoms with Crippen LogP contribution in [0.2, 0.25) is 0 Å². The van der Waals surface area contributed by atoms with Crippen molar-refractivity contribution in [3.05, 3.63) is 17.5 Å². The molecule has 1 aromatic heterocycles. The lowest BCUT2D eigenvalue weighted by Gasteiger charge is -2.33. The van der Waals surface area contributed by atoms with Crippen LogP contribution in [0.15, 0.2) is 6.07 Å². The van der Waals surface area contributed by atoms with Crippen LogP contribution in [0.25, 0.3) is 0 Å². The Morgan fingerprint density at radius 2 is 2.05 bits per heavy atom. The molecule has 1 heterocycles. The first kappa shape index (κ1) is 15.5. The molecule has 20 heavy (non-hydrogen) atoms. The monoisotopic (exact) mass is 278 g/mol. The molecule has 1 aliphatic carbocycles. The summed E-state index contributed by atoms with van der Waals surface area (Å²) in [6.07, 6.45) is 7.68. The Morgan fingerprint density at radius 3 is 2.60 bits per heavy atom. The van der Waals surface area contributed by atoms with Crippen LogP contribution in [-0.2, 0) is 13.0 Å². The first-order valence-corrected chi connectivity index (χ1v) is 8.17. The lowest BCUT2D eigenvalue weighted by molar-refractivity contribution is 0.215. The molecule has 0 spiro atoms. The van der Waals surface area contributed by atoms with Crippen molar-refractivity contribution in [2.75, 3.05) is 0 Å². The van der Waals surface area contributed by atoms with Crippen molar-refractivity contribution in [3.63, 3.8) is 0 Å². The van der Waals surface area contributed by atoms with Gasteiger partial charge in [-0.3, -0.25) is 16.0 Å². The second-order valence-corrected chi connectivity index (χ2v) is 6.26. The van der Waals surface area contributed by atoms with Crippen molar-refractivity contribution in [1.29, 1.82) is 0 Å². The molecule has 1 atom stereocenters. The van der Waals surface area contributed by atoms with E-state index in [2.05, 4.69) is 42.0 Å². The summed E-state index contributed by atoms with van der Waals surface area (Å²) >= 11 is 0. The molecular formula is C16H30N4. The number of aryl methyl sites for hydroxylation is 2. The molecule has 1 fully saturated rings. The highest BCUT2D eigenvalue weighted by Crippen LogP contribution is 2.33. The first-order valence-electron chi connectivity index (χ1n) is 8.17. The molecule has 0 bridgehead atoms. The van der Waals surface area contributed by atoms with Gasteiger partial charge in [-0.05, 0) is 44.6 Å². The molecule has 0 amide bonds. The predicted molar refractivity (Wildman–Crippen MR) is 83.2 cm³/mol. The van der Waals surface area contributed by atoms with Crippen LogP contribution in [-0.4, -0.2) is 15.8 Å². The summed E-state index contributed by atoms with van der Waals surface area (Å²) in [4.78, 5) is 0. The number of hydrogen-bond donors (Lipinski definition) is 2. The molecule has 0 aliphatic heterocycles. The Morgan fingerprint density at radius 1 is 1.35 bits per heavy atom. The number of rotatable bonds is 6. The minimum absolute atomic E-state index is 0.384. The maximum atomic E-state index is 5.84. The van der Waals surface area contributed by atoms with Gasteiger partial charge in [0.15, 0.2) is 0 Å². The van der Waals surface area contributed by atoms with Gasteiger partial charge in [0.25, 0.3) is 0 Å². The molecule has 114 valence electrons. The van der Waals surface area contributed by atoms with Crippen LogP contribution >= 0.6 is 0 Å². The Kier molecular flexibility index (Phi) is 5.61. The van der Waals surface area contributed by atoms with Gasteiger partial charge < -0.3 is 0 Å². The van der Waals surface area contributed by atoms with Gasteiger partial charge in [-0.2, -0.15) is 5.10 Å².